The number of amides is 1. The van der Waals surface area contributed by atoms with Crippen molar-refractivity contribution in [1.29, 1.82) is 0 Å². The zero-order chi connectivity index (χ0) is 16.4. The molecule has 0 aromatic carbocycles. The predicted molar refractivity (Wildman–Crippen MR) is 86.0 cm³/mol. The van der Waals surface area contributed by atoms with Gasteiger partial charge in [0.15, 0.2) is 5.65 Å². The molecule has 0 radical (unpaired) electrons. The average molecular weight is 318 g/mol. The van der Waals surface area contributed by atoms with Crippen LogP contribution in [-0.4, -0.2) is 55.8 Å². The Morgan fingerprint density at radius 2 is 2.30 bits per heavy atom. The number of rotatable bonds is 5. The number of hydrogen-bond donors (Lipinski definition) is 1. The first-order valence-electron chi connectivity index (χ1n) is 7.98. The minimum atomic E-state index is -0.241. The Bertz CT molecular complexity index is 765. The van der Waals surface area contributed by atoms with Crippen molar-refractivity contribution in [1.82, 2.24) is 29.5 Å². The Balaban J connectivity index is 1.64. The van der Waals surface area contributed by atoms with E-state index in [1.807, 2.05) is 0 Å². The molecule has 0 spiro atoms. The summed E-state index contributed by atoms with van der Waals surface area (Å²) in [4.78, 5) is 31.0. The summed E-state index contributed by atoms with van der Waals surface area (Å²) in [6, 6.07) is 0.402. The van der Waals surface area contributed by atoms with Crippen LogP contribution in [0.3, 0.4) is 0 Å². The summed E-state index contributed by atoms with van der Waals surface area (Å²) < 4.78 is 2.87. The smallest absolute Gasteiger partial charge is 0.264 e. The lowest BCUT2D eigenvalue weighted by Gasteiger charge is -2.22. The van der Waals surface area contributed by atoms with Crippen LogP contribution in [0, 0.1) is 0 Å². The van der Waals surface area contributed by atoms with Gasteiger partial charge in [-0.2, -0.15) is 5.10 Å². The third kappa shape index (κ3) is 3.12. The third-order valence-electron chi connectivity index (χ3n) is 4.47. The fourth-order valence-electron chi connectivity index (χ4n) is 3.16. The fourth-order valence-corrected chi connectivity index (χ4v) is 3.16. The quantitative estimate of drug-likeness (QED) is 0.820. The van der Waals surface area contributed by atoms with E-state index in [1.165, 1.54) is 23.5 Å². The highest BCUT2D eigenvalue weighted by molar-refractivity contribution is 5.77. The van der Waals surface area contributed by atoms with E-state index in [0.717, 1.165) is 19.5 Å². The van der Waals surface area contributed by atoms with Crippen molar-refractivity contribution < 1.29 is 4.79 Å². The summed E-state index contributed by atoms with van der Waals surface area (Å²) in [6.07, 6.45) is 5.17. The zero-order valence-electron chi connectivity index (χ0n) is 13.5. The number of carbonyl (C=O) groups excluding carboxylic acids is 1. The van der Waals surface area contributed by atoms with Gasteiger partial charge in [-0.15, -0.1) is 0 Å². The van der Waals surface area contributed by atoms with Gasteiger partial charge < -0.3 is 5.32 Å². The summed E-state index contributed by atoms with van der Waals surface area (Å²) >= 11 is 0. The van der Waals surface area contributed by atoms with E-state index in [4.69, 9.17) is 0 Å². The molecular formula is C15H22N6O2. The SMILES string of the molecule is CCN1CCCC1CNC(=O)Cn1cnc2c(cnn2C)c1=O. The van der Waals surface area contributed by atoms with E-state index in [0.29, 0.717) is 23.6 Å². The standard InChI is InChI=1S/C15H22N6O2/c1-3-20-6-4-5-11(20)7-16-13(22)9-21-10-17-14-12(15(21)23)8-18-19(14)2/h8,10-11H,3-7,9H2,1-2H3,(H,16,22). The zero-order valence-corrected chi connectivity index (χ0v) is 13.5. The highest BCUT2D eigenvalue weighted by Gasteiger charge is 2.23. The molecule has 0 aliphatic carbocycles. The van der Waals surface area contributed by atoms with E-state index < -0.39 is 0 Å². The molecule has 2 aromatic rings. The van der Waals surface area contributed by atoms with Crippen LogP contribution in [0.4, 0.5) is 0 Å². The summed E-state index contributed by atoms with van der Waals surface area (Å²) in [6.45, 7) is 4.84. The van der Waals surface area contributed by atoms with Gasteiger partial charge in [-0.05, 0) is 25.9 Å². The van der Waals surface area contributed by atoms with E-state index in [1.54, 1.807) is 11.7 Å². The van der Waals surface area contributed by atoms with Gasteiger partial charge in [0.2, 0.25) is 5.91 Å². The normalized spacial score (nSPS) is 18.6. The molecule has 8 nitrogen and oxygen atoms in total. The first kappa shape index (κ1) is 15.7. The average Bonchev–Trinajstić information content (AvgIpc) is 3.15. The molecule has 1 amide bonds. The van der Waals surface area contributed by atoms with Crippen LogP contribution in [0.1, 0.15) is 19.8 Å². The molecule has 1 saturated heterocycles. The van der Waals surface area contributed by atoms with Crippen molar-refractivity contribution in [2.75, 3.05) is 19.6 Å². The van der Waals surface area contributed by atoms with E-state index in [-0.39, 0.29) is 18.0 Å². The Kier molecular flexibility index (Phi) is 4.42. The van der Waals surface area contributed by atoms with Crippen molar-refractivity contribution in [2.45, 2.75) is 32.4 Å². The molecule has 124 valence electrons. The third-order valence-corrected chi connectivity index (χ3v) is 4.47. The number of fused-ring (bicyclic) bond motifs is 1. The van der Waals surface area contributed by atoms with Crippen molar-refractivity contribution in [3.63, 3.8) is 0 Å². The largest absolute Gasteiger partial charge is 0.353 e. The van der Waals surface area contributed by atoms with Gasteiger partial charge in [-0.3, -0.25) is 23.7 Å². The molecule has 3 heterocycles. The molecular weight excluding hydrogens is 296 g/mol. The molecule has 1 aliphatic heterocycles. The number of likely N-dealkylation sites (tertiary alicyclic amines) is 1. The number of hydrogen-bond acceptors (Lipinski definition) is 5. The van der Waals surface area contributed by atoms with Crippen LogP contribution in [-0.2, 0) is 18.4 Å². The Hall–Kier alpha value is -2.22. The van der Waals surface area contributed by atoms with Crippen molar-refractivity contribution in [3.8, 4) is 0 Å². The van der Waals surface area contributed by atoms with E-state index in [2.05, 4.69) is 27.2 Å². The van der Waals surface area contributed by atoms with Crippen LogP contribution in [0.2, 0.25) is 0 Å². The van der Waals surface area contributed by atoms with Crippen molar-refractivity contribution in [2.24, 2.45) is 7.05 Å². The van der Waals surface area contributed by atoms with Gasteiger partial charge in [-0.25, -0.2) is 4.98 Å². The maximum Gasteiger partial charge on any atom is 0.264 e. The van der Waals surface area contributed by atoms with Crippen molar-refractivity contribution >= 4 is 16.9 Å². The fraction of sp³-hybridized carbons (Fsp3) is 0.600. The highest BCUT2D eigenvalue weighted by Crippen LogP contribution is 2.15. The summed E-state index contributed by atoms with van der Waals surface area (Å²) in [5.74, 6) is -0.167. The van der Waals surface area contributed by atoms with Gasteiger partial charge in [0.1, 0.15) is 18.3 Å². The van der Waals surface area contributed by atoms with Crippen LogP contribution in [0.15, 0.2) is 17.3 Å². The molecule has 1 aliphatic rings. The summed E-state index contributed by atoms with van der Waals surface area (Å²) in [5, 5.41) is 7.37. The summed E-state index contributed by atoms with van der Waals surface area (Å²) in [5.41, 5.74) is 0.283. The lowest BCUT2D eigenvalue weighted by molar-refractivity contribution is -0.121. The number of aryl methyl sites for hydroxylation is 1. The topological polar surface area (TPSA) is 85.1 Å². The van der Waals surface area contributed by atoms with Gasteiger partial charge in [0.25, 0.3) is 5.56 Å². The maximum absolute atomic E-state index is 12.3. The number of carbonyl (C=O) groups is 1. The molecule has 2 aromatic heterocycles. The number of aromatic nitrogens is 4. The Morgan fingerprint density at radius 3 is 3.09 bits per heavy atom. The van der Waals surface area contributed by atoms with Crippen LogP contribution >= 0.6 is 0 Å². The lowest BCUT2D eigenvalue weighted by atomic mass is 10.2. The van der Waals surface area contributed by atoms with Gasteiger partial charge in [0.05, 0.1) is 6.20 Å². The molecule has 1 unspecified atom stereocenters. The number of nitrogens with one attached hydrogen (secondary N) is 1. The minimum absolute atomic E-state index is 0.0183. The maximum atomic E-state index is 12.3. The molecule has 3 rings (SSSR count). The first-order chi connectivity index (χ1) is 11.1. The second kappa shape index (κ2) is 6.49. The predicted octanol–water partition coefficient (Wildman–Crippen LogP) is -0.269. The lowest BCUT2D eigenvalue weighted by Crippen LogP contribution is -2.41. The Labute approximate surface area is 134 Å². The monoisotopic (exact) mass is 318 g/mol. The number of nitrogens with zero attached hydrogens (tertiary/aromatic N) is 5. The number of likely N-dealkylation sites (N-methyl/N-ethyl adjacent to an activating group) is 1. The second-order valence-corrected chi connectivity index (χ2v) is 5.91. The van der Waals surface area contributed by atoms with Gasteiger partial charge >= 0.3 is 0 Å². The van der Waals surface area contributed by atoms with Crippen LogP contribution < -0.4 is 10.9 Å². The molecule has 1 atom stereocenters. The minimum Gasteiger partial charge on any atom is -0.353 e. The van der Waals surface area contributed by atoms with Crippen molar-refractivity contribution in [3.05, 3.63) is 22.9 Å². The first-order valence-corrected chi connectivity index (χ1v) is 7.98. The second-order valence-electron chi connectivity index (χ2n) is 5.91. The molecule has 23 heavy (non-hydrogen) atoms. The van der Waals surface area contributed by atoms with E-state index >= 15 is 0 Å². The molecule has 1 N–H and O–H groups in total. The Morgan fingerprint density at radius 1 is 1.48 bits per heavy atom. The summed E-state index contributed by atoms with van der Waals surface area (Å²) in [7, 11) is 1.73. The molecule has 1 fully saturated rings. The van der Waals surface area contributed by atoms with E-state index in [9.17, 15) is 9.59 Å². The van der Waals surface area contributed by atoms with Gasteiger partial charge in [-0.1, -0.05) is 6.92 Å². The van der Waals surface area contributed by atoms with Crippen LogP contribution in [0.25, 0.3) is 11.0 Å². The highest BCUT2D eigenvalue weighted by atomic mass is 16.2. The molecule has 8 heteroatoms. The van der Waals surface area contributed by atoms with Crippen LogP contribution in [0.5, 0.6) is 0 Å². The molecule has 0 saturated carbocycles. The molecule has 0 bridgehead atoms. The van der Waals surface area contributed by atoms with Gasteiger partial charge in [0, 0.05) is 19.6 Å².